The van der Waals surface area contributed by atoms with Crippen molar-refractivity contribution in [2.45, 2.75) is 52.8 Å². The first-order chi connectivity index (χ1) is 17.5. The Balaban J connectivity index is 2.29. The van der Waals surface area contributed by atoms with Gasteiger partial charge in [0.15, 0.2) is 6.10 Å². The van der Waals surface area contributed by atoms with Crippen LogP contribution in [0.25, 0.3) is 22.0 Å². The summed E-state index contributed by atoms with van der Waals surface area (Å²) in [6.45, 7) is 2.78. The van der Waals surface area contributed by atoms with E-state index in [0.717, 1.165) is 7.11 Å². The summed E-state index contributed by atoms with van der Waals surface area (Å²) in [5.41, 5.74) is 1.25. The number of hydrogen-bond acceptors (Lipinski definition) is 4. The van der Waals surface area contributed by atoms with Crippen molar-refractivity contribution in [3.8, 4) is 11.1 Å². The van der Waals surface area contributed by atoms with Crippen LogP contribution in [0.3, 0.4) is 0 Å². The standard InChI is InChI=1S/C26H29ClN2O5/c1-14-13-18-20(16-7-9-17(27)10-8-16)19(23(24(30)31)34-26(3,4)5)15(2)21-22(18)28(14)11-12-29(21)25(32)33-6/h7-10,13,23H,11-12H2,1-6H3,(H,30,31)/t23-/m0/s1/i11D2,12D2. The molecule has 7 nitrogen and oxygen atoms in total. The van der Waals surface area contributed by atoms with Crippen molar-refractivity contribution in [1.29, 1.82) is 0 Å². The van der Waals surface area contributed by atoms with E-state index in [4.69, 9.17) is 26.6 Å². The van der Waals surface area contributed by atoms with Crippen LogP contribution in [0.5, 0.6) is 0 Å². The highest BCUT2D eigenvalue weighted by Crippen LogP contribution is 2.48. The van der Waals surface area contributed by atoms with Crippen molar-refractivity contribution >= 4 is 40.3 Å². The van der Waals surface area contributed by atoms with E-state index in [2.05, 4.69) is 0 Å². The second-order valence-electron chi connectivity index (χ2n) is 9.13. The molecule has 1 amide bonds. The Hall–Kier alpha value is -3.03. The van der Waals surface area contributed by atoms with Crippen LogP contribution in [0.1, 0.15) is 49.2 Å². The molecule has 1 aliphatic rings. The van der Waals surface area contributed by atoms with Gasteiger partial charge in [0.2, 0.25) is 0 Å². The lowest BCUT2D eigenvalue weighted by Gasteiger charge is -2.34. The number of amides is 1. The lowest BCUT2D eigenvalue weighted by atomic mass is 9.87. The van der Waals surface area contributed by atoms with Crippen LogP contribution in [-0.4, -0.2) is 40.9 Å². The van der Waals surface area contributed by atoms with Crippen LogP contribution in [0.15, 0.2) is 30.3 Å². The van der Waals surface area contributed by atoms with E-state index >= 15 is 0 Å². The minimum atomic E-state index is -2.89. The predicted octanol–water partition coefficient (Wildman–Crippen LogP) is 6.11. The highest BCUT2D eigenvalue weighted by molar-refractivity contribution is 6.30. The Kier molecular flexibility index (Phi) is 4.90. The highest BCUT2D eigenvalue weighted by Gasteiger charge is 2.37. The molecule has 4 rings (SSSR count). The number of carbonyl (C=O) groups is 2. The number of anilines is 1. The molecule has 3 aromatic rings. The molecule has 0 bridgehead atoms. The molecule has 0 aliphatic carbocycles. The Bertz CT molecular complexity index is 1460. The Morgan fingerprint density at radius 1 is 1.18 bits per heavy atom. The number of carboxylic acid groups (broad SMARTS) is 1. The Morgan fingerprint density at radius 3 is 2.38 bits per heavy atom. The summed E-state index contributed by atoms with van der Waals surface area (Å²) >= 11 is 6.14. The third-order valence-electron chi connectivity index (χ3n) is 5.65. The Labute approximate surface area is 209 Å². The molecule has 1 aromatic heterocycles. The summed E-state index contributed by atoms with van der Waals surface area (Å²) in [4.78, 5) is 26.4. The smallest absolute Gasteiger partial charge is 0.414 e. The number of benzene rings is 2. The summed E-state index contributed by atoms with van der Waals surface area (Å²) < 4.78 is 47.1. The molecular formula is C26H29ClN2O5. The number of rotatable bonds is 4. The first kappa shape index (κ1) is 19.3. The fraction of sp³-hybridized carbons (Fsp3) is 0.385. The van der Waals surface area contributed by atoms with Crippen LogP contribution < -0.4 is 4.90 Å². The van der Waals surface area contributed by atoms with Gasteiger partial charge in [0, 0.05) is 34.7 Å². The van der Waals surface area contributed by atoms with E-state index in [1.54, 1.807) is 65.0 Å². The SMILES string of the molecule is [2H]C1([2H])N(C(=O)OC)c2c(C)c([C@H](OC(C)(C)C)C(=O)O)c(-c3ccc(Cl)cc3)c3cc(C)n(c23)C1([2H])[2H]. The minimum absolute atomic E-state index is 0.0107. The van der Waals surface area contributed by atoms with Crippen molar-refractivity contribution < 1.29 is 29.7 Å². The predicted molar refractivity (Wildman–Crippen MR) is 133 cm³/mol. The van der Waals surface area contributed by atoms with E-state index < -0.39 is 36.8 Å². The van der Waals surface area contributed by atoms with Crippen LogP contribution >= 0.6 is 11.6 Å². The van der Waals surface area contributed by atoms with Gasteiger partial charge in [-0.25, -0.2) is 9.59 Å². The zero-order chi connectivity index (χ0) is 28.5. The van der Waals surface area contributed by atoms with E-state index in [1.165, 1.54) is 4.57 Å². The zero-order valence-electron chi connectivity index (χ0n) is 23.8. The van der Waals surface area contributed by atoms with Gasteiger partial charge in [0.05, 0.1) is 29.4 Å². The van der Waals surface area contributed by atoms with Crippen LogP contribution in [0.4, 0.5) is 10.5 Å². The van der Waals surface area contributed by atoms with Gasteiger partial charge in [0.25, 0.3) is 0 Å². The fourth-order valence-electron chi connectivity index (χ4n) is 4.34. The number of carboxylic acids is 1. The normalized spacial score (nSPS) is 19.1. The molecule has 1 N–H and O–H groups in total. The van der Waals surface area contributed by atoms with Crippen molar-refractivity contribution in [2.75, 3.05) is 18.5 Å². The third kappa shape index (κ3) is 4.03. The van der Waals surface area contributed by atoms with Crippen LogP contribution in [0, 0.1) is 13.8 Å². The molecular weight excluding hydrogens is 456 g/mol. The number of aliphatic carboxylic acids is 1. The number of aryl methyl sites for hydroxylation is 2. The second kappa shape index (κ2) is 8.64. The molecule has 0 saturated heterocycles. The van der Waals surface area contributed by atoms with Crippen molar-refractivity contribution in [3.63, 3.8) is 0 Å². The second-order valence-corrected chi connectivity index (χ2v) is 9.57. The molecule has 8 heteroatoms. The van der Waals surface area contributed by atoms with Gasteiger partial charge in [-0.1, -0.05) is 23.7 Å². The first-order valence-electron chi connectivity index (χ1n) is 12.7. The van der Waals surface area contributed by atoms with E-state index in [1.807, 2.05) is 0 Å². The van der Waals surface area contributed by atoms with E-state index in [0.29, 0.717) is 32.1 Å². The van der Waals surface area contributed by atoms with E-state index in [-0.39, 0.29) is 22.3 Å². The Morgan fingerprint density at radius 2 is 1.82 bits per heavy atom. The fourth-order valence-corrected chi connectivity index (χ4v) is 4.47. The average molecular weight is 489 g/mol. The maximum Gasteiger partial charge on any atom is 0.414 e. The highest BCUT2D eigenvalue weighted by atomic mass is 35.5. The van der Waals surface area contributed by atoms with Gasteiger partial charge in [-0.05, 0) is 69.5 Å². The molecule has 2 heterocycles. The van der Waals surface area contributed by atoms with Gasteiger partial charge in [-0.3, -0.25) is 4.90 Å². The first-order valence-corrected chi connectivity index (χ1v) is 11.1. The number of ether oxygens (including phenoxy) is 2. The monoisotopic (exact) mass is 488 g/mol. The number of carbonyl (C=O) groups excluding carboxylic acids is 1. The third-order valence-corrected chi connectivity index (χ3v) is 5.90. The topological polar surface area (TPSA) is 81.0 Å². The maximum absolute atomic E-state index is 13.0. The number of hydrogen-bond donors (Lipinski definition) is 1. The van der Waals surface area contributed by atoms with Gasteiger partial charge in [-0.2, -0.15) is 0 Å². The summed E-state index contributed by atoms with van der Waals surface area (Å²) in [7, 11) is 1.07. The summed E-state index contributed by atoms with van der Waals surface area (Å²) in [6, 6.07) is 8.42. The number of aromatic nitrogens is 1. The molecule has 180 valence electrons. The average Bonchev–Trinajstić information content (AvgIpc) is 3.15. The lowest BCUT2D eigenvalue weighted by Crippen LogP contribution is -2.38. The molecule has 1 atom stereocenters. The molecule has 34 heavy (non-hydrogen) atoms. The molecule has 0 radical (unpaired) electrons. The molecule has 1 aliphatic heterocycles. The lowest BCUT2D eigenvalue weighted by molar-refractivity contribution is -0.160. The molecule has 2 aromatic carbocycles. The van der Waals surface area contributed by atoms with Crippen LogP contribution in [0.2, 0.25) is 5.02 Å². The number of halogens is 1. The minimum Gasteiger partial charge on any atom is -0.479 e. The molecule has 0 saturated carbocycles. The maximum atomic E-state index is 13.0. The van der Waals surface area contributed by atoms with Crippen LogP contribution in [-0.2, 0) is 20.8 Å². The zero-order valence-corrected chi connectivity index (χ0v) is 20.6. The van der Waals surface area contributed by atoms with Crippen molar-refractivity contribution in [3.05, 3.63) is 52.2 Å². The van der Waals surface area contributed by atoms with Crippen molar-refractivity contribution in [2.24, 2.45) is 0 Å². The van der Waals surface area contributed by atoms with Gasteiger partial charge < -0.3 is 19.1 Å². The largest absolute Gasteiger partial charge is 0.479 e. The van der Waals surface area contributed by atoms with Crippen molar-refractivity contribution in [1.82, 2.24) is 4.57 Å². The number of methoxy groups -OCH3 is 1. The quantitative estimate of drug-likeness (QED) is 0.479. The van der Waals surface area contributed by atoms with Gasteiger partial charge >= 0.3 is 12.1 Å². The van der Waals surface area contributed by atoms with E-state index in [9.17, 15) is 14.7 Å². The molecule has 0 unspecified atom stereocenters. The van der Waals surface area contributed by atoms with Gasteiger partial charge in [-0.15, -0.1) is 0 Å². The molecule has 0 spiro atoms. The molecule has 0 fully saturated rings. The summed E-state index contributed by atoms with van der Waals surface area (Å²) in [5, 5.41) is 11.3. The summed E-state index contributed by atoms with van der Waals surface area (Å²) in [5.74, 6) is -1.28. The van der Waals surface area contributed by atoms with Gasteiger partial charge in [0.1, 0.15) is 0 Å². The number of nitrogens with zero attached hydrogens (tertiary/aromatic N) is 2. The summed E-state index contributed by atoms with van der Waals surface area (Å²) in [6.07, 6.45) is -2.63.